The van der Waals surface area contributed by atoms with Crippen LogP contribution in [0, 0.1) is 5.92 Å². The standard InChI is InChI=1S/C14H24N2O2S/c1-4-12-5-6-13(19-12)9-16-14(18)15-8-10(2)7-11(3)17/h5-6,10-11,17H,4,7-9H2,1-3H3,(H2,15,16,18). The molecule has 0 bridgehead atoms. The fourth-order valence-corrected chi connectivity index (χ4v) is 2.77. The second kappa shape index (κ2) is 8.17. The van der Waals surface area contributed by atoms with Crippen LogP contribution in [0.25, 0.3) is 0 Å². The van der Waals surface area contributed by atoms with Gasteiger partial charge in [-0.3, -0.25) is 0 Å². The summed E-state index contributed by atoms with van der Waals surface area (Å²) in [5, 5.41) is 14.9. The number of carbonyl (C=O) groups excluding carboxylic acids is 1. The van der Waals surface area contributed by atoms with Crippen LogP contribution in [0.1, 0.15) is 36.9 Å². The van der Waals surface area contributed by atoms with E-state index >= 15 is 0 Å². The Morgan fingerprint density at radius 2 is 2.00 bits per heavy atom. The molecule has 0 aromatic carbocycles. The molecular formula is C14H24N2O2S. The van der Waals surface area contributed by atoms with Crippen molar-refractivity contribution in [1.82, 2.24) is 10.6 Å². The lowest BCUT2D eigenvalue weighted by molar-refractivity contribution is 0.163. The van der Waals surface area contributed by atoms with E-state index < -0.39 is 0 Å². The van der Waals surface area contributed by atoms with Crippen LogP contribution >= 0.6 is 11.3 Å². The zero-order valence-electron chi connectivity index (χ0n) is 11.9. The van der Waals surface area contributed by atoms with E-state index in [2.05, 4.69) is 29.7 Å². The maximum Gasteiger partial charge on any atom is 0.315 e. The summed E-state index contributed by atoms with van der Waals surface area (Å²) < 4.78 is 0. The van der Waals surface area contributed by atoms with Crippen LogP contribution in [0.3, 0.4) is 0 Å². The van der Waals surface area contributed by atoms with Crippen LogP contribution in [0.5, 0.6) is 0 Å². The van der Waals surface area contributed by atoms with E-state index in [1.54, 1.807) is 18.3 Å². The predicted octanol–water partition coefficient (Wildman–Crippen LogP) is 2.52. The van der Waals surface area contributed by atoms with Crippen molar-refractivity contribution in [3.63, 3.8) is 0 Å². The van der Waals surface area contributed by atoms with E-state index in [0.29, 0.717) is 19.5 Å². The average molecular weight is 284 g/mol. The fraction of sp³-hybridized carbons (Fsp3) is 0.643. The van der Waals surface area contributed by atoms with Crippen molar-refractivity contribution in [2.24, 2.45) is 5.92 Å². The van der Waals surface area contributed by atoms with Gasteiger partial charge in [0, 0.05) is 16.3 Å². The quantitative estimate of drug-likeness (QED) is 0.720. The Labute approximate surface area is 119 Å². The molecule has 4 nitrogen and oxygen atoms in total. The molecule has 1 rings (SSSR count). The Balaban J connectivity index is 2.20. The lowest BCUT2D eigenvalue weighted by atomic mass is 10.1. The van der Waals surface area contributed by atoms with Gasteiger partial charge in [0.15, 0.2) is 0 Å². The van der Waals surface area contributed by atoms with E-state index in [4.69, 9.17) is 0 Å². The maximum absolute atomic E-state index is 11.6. The number of aliphatic hydroxyl groups excluding tert-OH is 1. The molecule has 2 unspecified atom stereocenters. The average Bonchev–Trinajstić information content (AvgIpc) is 2.81. The van der Waals surface area contributed by atoms with Gasteiger partial charge in [-0.05, 0) is 37.8 Å². The van der Waals surface area contributed by atoms with E-state index in [1.165, 1.54) is 9.75 Å². The molecule has 0 fully saturated rings. The third-order valence-electron chi connectivity index (χ3n) is 2.84. The van der Waals surface area contributed by atoms with Crippen molar-refractivity contribution in [3.05, 3.63) is 21.9 Å². The molecule has 0 aliphatic rings. The summed E-state index contributed by atoms with van der Waals surface area (Å²) in [7, 11) is 0. The summed E-state index contributed by atoms with van der Waals surface area (Å²) >= 11 is 1.73. The van der Waals surface area contributed by atoms with Gasteiger partial charge in [-0.1, -0.05) is 13.8 Å². The third kappa shape index (κ3) is 6.59. The second-order valence-corrected chi connectivity index (χ2v) is 6.23. The van der Waals surface area contributed by atoms with Gasteiger partial charge in [0.25, 0.3) is 0 Å². The first-order valence-corrected chi connectivity index (χ1v) is 7.60. The number of hydrogen-bond acceptors (Lipinski definition) is 3. The summed E-state index contributed by atoms with van der Waals surface area (Å²) in [6, 6.07) is 4.01. The normalized spacial score (nSPS) is 13.9. The first-order chi connectivity index (χ1) is 9.01. The highest BCUT2D eigenvalue weighted by Gasteiger charge is 2.08. The van der Waals surface area contributed by atoms with E-state index in [0.717, 1.165) is 6.42 Å². The smallest absolute Gasteiger partial charge is 0.315 e. The van der Waals surface area contributed by atoms with Crippen molar-refractivity contribution in [1.29, 1.82) is 0 Å². The number of hydrogen-bond donors (Lipinski definition) is 3. The van der Waals surface area contributed by atoms with Crippen molar-refractivity contribution >= 4 is 17.4 Å². The SMILES string of the molecule is CCc1ccc(CNC(=O)NCC(C)CC(C)O)s1. The molecule has 1 aromatic heterocycles. The molecule has 3 N–H and O–H groups in total. The topological polar surface area (TPSA) is 61.4 Å². The number of rotatable bonds is 7. The highest BCUT2D eigenvalue weighted by molar-refractivity contribution is 7.11. The Kier molecular flexibility index (Phi) is 6.87. The highest BCUT2D eigenvalue weighted by Crippen LogP contribution is 2.16. The summed E-state index contributed by atoms with van der Waals surface area (Å²) in [5.74, 6) is 0.277. The molecule has 0 saturated heterocycles. The molecule has 0 aliphatic carbocycles. The van der Waals surface area contributed by atoms with Crippen LogP contribution in [0.15, 0.2) is 12.1 Å². The summed E-state index contributed by atoms with van der Waals surface area (Å²) in [6.07, 6.45) is 1.41. The molecule has 0 saturated carbocycles. The molecule has 2 amide bonds. The highest BCUT2D eigenvalue weighted by atomic mass is 32.1. The van der Waals surface area contributed by atoms with Crippen LogP contribution in [0.2, 0.25) is 0 Å². The third-order valence-corrected chi connectivity index (χ3v) is 4.07. The minimum absolute atomic E-state index is 0.149. The number of urea groups is 1. The van der Waals surface area contributed by atoms with Crippen molar-refractivity contribution in [2.75, 3.05) is 6.54 Å². The van der Waals surface area contributed by atoms with Gasteiger partial charge in [0.1, 0.15) is 0 Å². The number of thiophene rings is 1. The van der Waals surface area contributed by atoms with Crippen LogP contribution in [0.4, 0.5) is 4.79 Å². The van der Waals surface area contributed by atoms with Crippen molar-refractivity contribution in [2.45, 2.75) is 46.3 Å². The maximum atomic E-state index is 11.6. The molecule has 2 atom stereocenters. The fourth-order valence-electron chi connectivity index (χ4n) is 1.87. The van der Waals surface area contributed by atoms with Gasteiger partial charge >= 0.3 is 6.03 Å². The molecule has 5 heteroatoms. The summed E-state index contributed by atoms with van der Waals surface area (Å²) in [6.45, 7) is 7.06. The molecule has 19 heavy (non-hydrogen) atoms. The molecule has 0 radical (unpaired) electrons. The van der Waals surface area contributed by atoms with Crippen molar-refractivity contribution < 1.29 is 9.90 Å². The van der Waals surface area contributed by atoms with E-state index in [1.807, 2.05) is 6.92 Å². The number of aliphatic hydroxyl groups is 1. The van der Waals surface area contributed by atoms with E-state index in [-0.39, 0.29) is 18.1 Å². The summed E-state index contributed by atoms with van der Waals surface area (Å²) in [4.78, 5) is 14.1. The van der Waals surface area contributed by atoms with E-state index in [9.17, 15) is 9.90 Å². The molecule has 108 valence electrons. The molecular weight excluding hydrogens is 260 g/mol. The first-order valence-electron chi connectivity index (χ1n) is 6.78. The van der Waals surface area contributed by atoms with Crippen LogP contribution in [-0.2, 0) is 13.0 Å². The summed E-state index contributed by atoms with van der Waals surface area (Å²) in [5.41, 5.74) is 0. The minimum atomic E-state index is -0.321. The van der Waals surface area contributed by atoms with Gasteiger partial charge in [-0.25, -0.2) is 4.79 Å². The number of carbonyl (C=O) groups is 1. The first kappa shape index (κ1) is 16.0. The van der Waals surface area contributed by atoms with Gasteiger partial charge in [-0.2, -0.15) is 0 Å². The number of aryl methyl sites for hydroxylation is 1. The van der Waals surface area contributed by atoms with Gasteiger partial charge in [0.2, 0.25) is 0 Å². The second-order valence-electron chi connectivity index (χ2n) is 4.98. The van der Waals surface area contributed by atoms with Gasteiger partial charge in [0.05, 0.1) is 12.6 Å². The Bertz CT molecular complexity index is 391. The van der Waals surface area contributed by atoms with Gasteiger partial charge in [-0.15, -0.1) is 11.3 Å². The Morgan fingerprint density at radius 1 is 1.32 bits per heavy atom. The lowest BCUT2D eigenvalue weighted by Gasteiger charge is -2.14. The predicted molar refractivity (Wildman–Crippen MR) is 79.4 cm³/mol. The minimum Gasteiger partial charge on any atom is -0.393 e. The Morgan fingerprint density at radius 3 is 2.58 bits per heavy atom. The number of amides is 2. The molecule has 1 heterocycles. The number of nitrogens with one attached hydrogen (secondary N) is 2. The Hall–Kier alpha value is -1.07. The monoisotopic (exact) mass is 284 g/mol. The molecule has 1 aromatic rings. The van der Waals surface area contributed by atoms with Gasteiger partial charge < -0.3 is 15.7 Å². The largest absolute Gasteiger partial charge is 0.393 e. The van der Waals surface area contributed by atoms with Crippen molar-refractivity contribution in [3.8, 4) is 0 Å². The zero-order valence-corrected chi connectivity index (χ0v) is 12.7. The van der Waals surface area contributed by atoms with Crippen LogP contribution < -0.4 is 10.6 Å². The zero-order chi connectivity index (χ0) is 14.3. The van der Waals surface area contributed by atoms with Crippen LogP contribution in [-0.4, -0.2) is 23.8 Å². The lowest BCUT2D eigenvalue weighted by Crippen LogP contribution is -2.37. The molecule has 0 aliphatic heterocycles. The molecule has 0 spiro atoms.